The Morgan fingerprint density at radius 3 is 2.64 bits per heavy atom. The molecule has 0 saturated carbocycles. The molecule has 5 nitrogen and oxygen atoms in total. The second kappa shape index (κ2) is 9.28. The lowest BCUT2D eigenvalue weighted by atomic mass is 10.1. The van der Waals surface area contributed by atoms with Crippen LogP contribution < -0.4 is 10.2 Å². The molecule has 1 aromatic heterocycles. The number of carbonyl (C=O) groups excluding carboxylic acids is 2. The molecule has 2 amide bonds. The molecule has 1 heterocycles. The minimum Gasteiger partial charge on any atom is -0.467 e. The van der Waals surface area contributed by atoms with E-state index in [9.17, 15) is 9.59 Å². The molecule has 0 atom stereocenters. The van der Waals surface area contributed by atoms with Gasteiger partial charge in [0.05, 0.1) is 29.8 Å². The van der Waals surface area contributed by atoms with Gasteiger partial charge in [0.25, 0.3) is 5.91 Å². The number of hydrogen-bond acceptors (Lipinski definition) is 4. The van der Waals surface area contributed by atoms with Crippen molar-refractivity contribution < 1.29 is 14.0 Å². The lowest BCUT2D eigenvalue weighted by molar-refractivity contribution is -0.115. The Bertz CT molecular complexity index is 954. The third-order valence-electron chi connectivity index (χ3n) is 4.24. The number of anilines is 1. The van der Waals surface area contributed by atoms with Crippen molar-refractivity contribution in [3.63, 3.8) is 0 Å². The van der Waals surface area contributed by atoms with Gasteiger partial charge in [-0.1, -0.05) is 29.8 Å². The van der Waals surface area contributed by atoms with E-state index < -0.39 is 0 Å². The first-order valence-electron chi connectivity index (χ1n) is 8.90. The normalized spacial score (nSPS) is 10.5. The molecular weight excluding hydrogens is 372 g/mol. The van der Waals surface area contributed by atoms with E-state index in [2.05, 4.69) is 5.32 Å². The van der Waals surface area contributed by atoms with E-state index in [0.29, 0.717) is 29.3 Å². The predicted molar refractivity (Wildman–Crippen MR) is 112 cm³/mol. The number of nitrogens with zero attached hydrogens (tertiary/aromatic N) is 1. The Kier molecular flexibility index (Phi) is 6.55. The standard InChI is InChI=1S/C22H22N2O3S/c1-16-7-5-9-18(13-16)28-15-21(25)24(2)20-11-4-3-10-19(20)22(26)23-14-17-8-6-12-27-17/h3-13H,14-15H2,1-2H3,(H,23,26). The topological polar surface area (TPSA) is 62.6 Å². The van der Waals surface area contributed by atoms with Crippen LogP contribution in [0.3, 0.4) is 0 Å². The van der Waals surface area contributed by atoms with Gasteiger partial charge in [0.2, 0.25) is 5.91 Å². The SMILES string of the molecule is Cc1cccc(SCC(=O)N(C)c2ccccc2C(=O)NCc2ccco2)c1. The Balaban J connectivity index is 1.66. The van der Waals surface area contributed by atoms with Crippen molar-refractivity contribution in [3.05, 3.63) is 83.8 Å². The van der Waals surface area contributed by atoms with Crippen LogP contribution in [0.15, 0.2) is 76.2 Å². The minimum atomic E-state index is -0.252. The van der Waals surface area contributed by atoms with Crippen molar-refractivity contribution in [2.75, 3.05) is 17.7 Å². The molecule has 0 bridgehead atoms. The van der Waals surface area contributed by atoms with Crippen LogP contribution >= 0.6 is 11.8 Å². The molecule has 6 heteroatoms. The third kappa shape index (κ3) is 5.04. The molecule has 0 unspecified atom stereocenters. The fourth-order valence-corrected chi connectivity index (χ4v) is 3.64. The zero-order valence-corrected chi connectivity index (χ0v) is 16.7. The van der Waals surface area contributed by atoms with E-state index in [4.69, 9.17) is 4.42 Å². The number of furan rings is 1. The van der Waals surface area contributed by atoms with Crippen LogP contribution in [0.2, 0.25) is 0 Å². The van der Waals surface area contributed by atoms with E-state index in [-0.39, 0.29) is 11.8 Å². The number of carbonyl (C=O) groups is 2. The number of hydrogen-bond donors (Lipinski definition) is 1. The number of thioether (sulfide) groups is 1. The lowest BCUT2D eigenvalue weighted by Crippen LogP contribution is -2.31. The Morgan fingerprint density at radius 2 is 1.89 bits per heavy atom. The van der Waals surface area contributed by atoms with Crippen LogP contribution in [0.25, 0.3) is 0 Å². The zero-order valence-electron chi connectivity index (χ0n) is 15.8. The average molecular weight is 394 g/mol. The average Bonchev–Trinajstić information content (AvgIpc) is 3.23. The molecule has 0 aliphatic rings. The van der Waals surface area contributed by atoms with Crippen molar-refractivity contribution in [2.24, 2.45) is 0 Å². The van der Waals surface area contributed by atoms with Crippen molar-refractivity contribution in [1.29, 1.82) is 0 Å². The molecule has 3 rings (SSSR count). The molecule has 1 N–H and O–H groups in total. The number of aryl methyl sites for hydroxylation is 1. The number of para-hydroxylation sites is 1. The third-order valence-corrected chi connectivity index (χ3v) is 5.22. The Morgan fingerprint density at radius 1 is 1.07 bits per heavy atom. The second-order valence-corrected chi connectivity index (χ2v) is 7.39. The molecule has 0 radical (unpaired) electrons. The van der Waals surface area contributed by atoms with E-state index >= 15 is 0 Å². The Labute approximate surface area is 168 Å². The zero-order chi connectivity index (χ0) is 19.9. The van der Waals surface area contributed by atoms with Gasteiger partial charge in [0.1, 0.15) is 5.76 Å². The summed E-state index contributed by atoms with van der Waals surface area (Å²) in [5.74, 6) is 0.642. The first-order valence-corrected chi connectivity index (χ1v) is 9.89. The number of nitrogens with one attached hydrogen (secondary N) is 1. The highest BCUT2D eigenvalue weighted by Crippen LogP contribution is 2.23. The largest absolute Gasteiger partial charge is 0.467 e. The first kappa shape index (κ1) is 19.8. The molecule has 0 saturated heterocycles. The number of rotatable bonds is 7. The van der Waals surface area contributed by atoms with Crippen LogP contribution in [0, 0.1) is 6.92 Å². The van der Waals surface area contributed by atoms with E-state index in [1.165, 1.54) is 16.7 Å². The summed E-state index contributed by atoms with van der Waals surface area (Å²) in [5, 5.41) is 2.82. The Hall–Kier alpha value is -2.99. The lowest BCUT2D eigenvalue weighted by Gasteiger charge is -2.20. The van der Waals surface area contributed by atoms with Crippen LogP contribution in [-0.4, -0.2) is 24.6 Å². The summed E-state index contributed by atoms with van der Waals surface area (Å²) in [6, 6.07) is 18.7. The van der Waals surface area contributed by atoms with Gasteiger partial charge in [-0.3, -0.25) is 9.59 Å². The van der Waals surface area contributed by atoms with Gasteiger partial charge in [-0.15, -0.1) is 11.8 Å². The highest BCUT2D eigenvalue weighted by Gasteiger charge is 2.18. The van der Waals surface area contributed by atoms with E-state index in [0.717, 1.165) is 10.5 Å². The smallest absolute Gasteiger partial charge is 0.253 e. The monoisotopic (exact) mass is 394 g/mol. The van der Waals surface area contributed by atoms with Crippen molar-refractivity contribution in [3.8, 4) is 0 Å². The summed E-state index contributed by atoms with van der Waals surface area (Å²) in [5.41, 5.74) is 2.18. The summed E-state index contributed by atoms with van der Waals surface area (Å²) in [6.07, 6.45) is 1.56. The van der Waals surface area contributed by atoms with Crippen molar-refractivity contribution in [2.45, 2.75) is 18.4 Å². The first-order chi connectivity index (χ1) is 13.5. The molecule has 144 valence electrons. The van der Waals surface area contributed by atoms with Crippen molar-refractivity contribution in [1.82, 2.24) is 5.32 Å². The van der Waals surface area contributed by atoms with Crippen LogP contribution in [0.5, 0.6) is 0 Å². The van der Waals surface area contributed by atoms with E-state index in [1.54, 1.807) is 43.6 Å². The van der Waals surface area contributed by atoms with Gasteiger partial charge in [-0.25, -0.2) is 0 Å². The minimum absolute atomic E-state index is 0.0715. The molecule has 2 aromatic carbocycles. The molecule has 28 heavy (non-hydrogen) atoms. The van der Waals surface area contributed by atoms with Gasteiger partial charge in [-0.2, -0.15) is 0 Å². The van der Waals surface area contributed by atoms with E-state index in [1.807, 2.05) is 37.3 Å². The fourth-order valence-electron chi connectivity index (χ4n) is 2.72. The molecule has 0 fully saturated rings. The van der Waals surface area contributed by atoms with Crippen LogP contribution in [0.1, 0.15) is 21.7 Å². The summed E-state index contributed by atoms with van der Waals surface area (Å²) in [4.78, 5) is 27.9. The summed E-state index contributed by atoms with van der Waals surface area (Å²) >= 11 is 1.48. The highest BCUT2D eigenvalue weighted by atomic mass is 32.2. The maximum Gasteiger partial charge on any atom is 0.253 e. The summed E-state index contributed by atoms with van der Waals surface area (Å²) < 4.78 is 5.24. The number of benzene rings is 2. The summed E-state index contributed by atoms with van der Waals surface area (Å²) in [6.45, 7) is 2.32. The molecule has 3 aromatic rings. The maximum atomic E-state index is 12.7. The quantitative estimate of drug-likeness (QED) is 0.608. The van der Waals surface area contributed by atoms with Gasteiger partial charge in [-0.05, 0) is 43.3 Å². The fraction of sp³-hybridized carbons (Fsp3) is 0.182. The van der Waals surface area contributed by atoms with Gasteiger partial charge in [0, 0.05) is 11.9 Å². The predicted octanol–water partition coefficient (Wildman–Crippen LogP) is 4.27. The second-order valence-electron chi connectivity index (χ2n) is 6.34. The van der Waals surface area contributed by atoms with Crippen LogP contribution in [0.4, 0.5) is 5.69 Å². The van der Waals surface area contributed by atoms with Crippen molar-refractivity contribution >= 4 is 29.3 Å². The molecular formula is C22H22N2O3S. The van der Waals surface area contributed by atoms with Gasteiger partial charge < -0.3 is 14.6 Å². The molecule has 0 spiro atoms. The van der Waals surface area contributed by atoms with Gasteiger partial charge in [0.15, 0.2) is 0 Å². The summed E-state index contributed by atoms with van der Waals surface area (Å²) in [7, 11) is 1.69. The van der Waals surface area contributed by atoms with Gasteiger partial charge >= 0.3 is 0 Å². The molecule has 0 aliphatic carbocycles. The maximum absolute atomic E-state index is 12.7. The van der Waals surface area contributed by atoms with Crippen LogP contribution in [-0.2, 0) is 11.3 Å². The number of amides is 2. The highest BCUT2D eigenvalue weighted by molar-refractivity contribution is 8.00. The molecule has 0 aliphatic heterocycles.